The summed E-state index contributed by atoms with van der Waals surface area (Å²) < 4.78 is 19.8. The van der Waals surface area contributed by atoms with Crippen LogP contribution < -0.4 is 15.5 Å². The first kappa shape index (κ1) is 27.4. The molecule has 3 aliphatic rings. The van der Waals surface area contributed by atoms with Crippen molar-refractivity contribution in [3.63, 3.8) is 0 Å². The van der Waals surface area contributed by atoms with Crippen molar-refractivity contribution in [1.82, 2.24) is 10.2 Å². The molecule has 40 heavy (non-hydrogen) atoms. The van der Waals surface area contributed by atoms with Crippen LogP contribution in [-0.4, -0.2) is 66.3 Å². The van der Waals surface area contributed by atoms with Gasteiger partial charge in [-0.3, -0.25) is 14.4 Å². The van der Waals surface area contributed by atoms with E-state index in [9.17, 15) is 23.6 Å². The van der Waals surface area contributed by atoms with Crippen molar-refractivity contribution in [1.29, 1.82) is 0 Å². The van der Waals surface area contributed by atoms with Crippen LogP contribution in [0.2, 0.25) is 0 Å². The number of carbonyl (C=O) groups excluding carboxylic acids is 3. The molecule has 212 valence electrons. The Morgan fingerprint density at radius 3 is 2.42 bits per heavy atom. The zero-order valence-electron chi connectivity index (χ0n) is 22.1. The first-order chi connectivity index (χ1) is 19.3. The van der Waals surface area contributed by atoms with Gasteiger partial charge in [0.15, 0.2) is 6.73 Å². The molecule has 3 N–H and O–H groups in total. The Balaban J connectivity index is 1.31. The smallest absolute Gasteiger partial charge is 0.404 e. The zero-order valence-corrected chi connectivity index (χ0v) is 22.1. The molecular weight excluding hydrogens is 519 g/mol. The topological polar surface area (TPSA) is 128 Å². The van der Waals surface area contributed by atoms with Crippen LogP contribution in [-0.2, 0) is 19.1 Å². The van der Waals surface area contributed by atoms with Gasteiger partial charge in [0.25, 0.3) is 0 Å². The Morgan fingerprint density at radius 1 is 1.02 bits per heavy atom. The normalized spacial score (nSPS) is 24.5. The van der Waals surface area contributed by atoms with Crippen molar-refractivity contribution >= 4 is 35.3 Å². The van der Waals surface area contributed by atoms with E-state index in [1.165, 1.54) is 17.0 Å². The fraction of sp³-hybridized carbons (Fsp3) is 0.448. The number of amides is 3. The largest absolute Gasteiger partial charge is 0.465 e. The molecule has 0 aromatic heterocycles. The van der Waals surface area contributed by atoms with Gasteiger partial charge < -0.3 is 30.3 Å². The predicted molar refractivity (Wildman–Crippen MR) is 144 cm³/mol. The Morgan fingerprint density at radius 2 is 1.77 bits per heavy atom. The lowest BCUT2D eigenvalue weighted by Gasteiger charge is -2.33. The summed E-state index contributed by atoms with van der Waals surface area (Å²) >= 11 is 0. The first-order valence-electron chi connectivity index (χ1n) is 13.6. The lowest BCUT2D eigenvalue weighted by molar-refractivity contribution is -0.141. The van der Waals surface area contributed by atoms with E-state index in [0.29, 0.717) is 32.4 Å². The molecule has 3 amide bonds. The number of anilines is 2. The minimum atomic E-state index is -1.05. The molecule has 2 aliphatic heterocycles. The summed E-state index contributed by atoms with van der Waals surface area (Å²) in [5, 5.41) is 14.1. The summed E-state index contributed by atoms with van der Waals surface area (Å²) in [6.07, 6.45) is 2.33. The molecule has 2 aromatic rings. The van der Waals surface area contributed by atoms with Gasteiger partial charge in [-0.15, -0.1) is 0 Å². The molecule has 1 aliphatic carbocycles. The van der Waals surface area contributed by atoms with Crippen LogP contribution in [0.25, 0.3) is 0 Å². The number of carboxylic acid groups (broad SMARTS) is 1. The molecule has 2 saturated heterocycles. The molecule has 0 radical (unpaired) electrons. The van der Waals surface area contributed by atoms with E-state index in [4.69, 9.17) is 9.84 Å². The highest BCUT2D eigenvalue weighted by Crippen LogP contribution is 2.38. The van der Waals surface area contributed by atoms with E-state index in [0.717, 1.165) is 18.4 Å². The van der Waals surface area contributed by atoms with Crippen LogP contribution in [0.1, 0.15) is 43.6 Å². The minimum absolute atomic E-state index is 0.0304. The maximum Gasteiger partial charge on any atom is 0.404 e. The quantitative estimate of drug-likeness (QED) is 0.448. The fourth-order valence-electron chi connectivity index (χ4n) is 6.10. The summed E-state index contributed by atoms with van der Waals surface area (Å²) in [6.45, 7) is 0.737. The maximum atomic E-state index is 14.9. The van der Waals surface area contributed by atoms with E-state index in [-0.39, 0.29) is 54.2 Å². The Labute approximate surface area is 231 Å². The average molecular weight is 553 g/mol. The van der Waals surface area contributed by atoms with Gasteiger partial charge in [-0.25, -0.2) is 9.18 Å². The molecule has 2 heterocycles. The highest BCUT2D eigenvalue weighted by molar-refractivity contribution is 5.99. The molecule has 1 saturated carbocycles. The van der Waals surface area contributed by atoms with Crippen LogP contribution in [0.3, 0.4) is 0 Å². The predicted octanol–water partition coefficient (Wildman–Crippen LogP) is 3.54. The lowest BCUT2D eigenvalue weighted by atomic mass is 9.81. The minimum Gasteiger partial charge on any atom is -0.465 e. The third-order valence-electron chi connectivity index (χ3n) is 8.17. The van der Waals surface area contributed by atoms with Crippen molar-refractivity contribution in [2.45, 2.75) is 44.1 Å². The van der Waals surface area contributed by atoms with E-state index in [1.54, 1.807) is 11.0 Å². The summed E-state index contributed by atoms with van der Waals surface area (Å²) in [5.41, 5.74) is 1.43. The van der Waals surface area contributed by atoms with Gasteiger partial charge in [0, 0.05) is 30.6 Å². The Kier molecular flexibility index (Phi) is 8.18. The van der Waals surface area contributed by atoms with Crippen molar-refractivity contribution < 1.29 is 33.4 Å². The number of esters is 1. The van der Waals surface area contributed by atoms with Crippen LogP contribution in [0, 0.1) is 17.7 Å². The monoisotopic (exact) mass is 552 g/mol. The molecule has 0 bridgehead atoms. The van der Waals surface area contributed by atoms with Crippen molar-refractivity contribution in [3.05, 3.63) is 59.9 Å². The molecule has 2 aromatic carbocycles. The van der Waals surface area contributed by atoms with Gasteiger partial charge in [0.05, 0.1) is 5.69 Å². The van der Waals surface area contributed by atoms with E-state index in [2.05, 4.69) is 10.6 Å². The number of nitrogens with one attached hydrogen (secondary N) is 2. The standard InChI is InChI=1S/C29H33FN4O6/c30-23-14-21(10-11-24(23)33-16-25(35)40-17-33)32-27(36)26-22(19-4-2-1-3-5-19)12-13-34(26)28(37)20-8-6-18(7-9-20)15-31-29(38)39/h1-5,10-11,14,18,20,22,26,31H,6-9,12-13,15-17H2,(H,32,36)(H,38,39). The maximum absolute atomic E-state index is 14.9. The van der Waals surface area contributed by atoms with Gasteiger partial charge in [0.1, 0.15) is 18.4 Å². The summed E-state index contributed by atoms with van der Waals surface area (Å²) in [5.74, 6) is -1.72. The average Bonchev–Trinajstić information content (AvgIpc) is 3.59. The van der Waals surface area contributed by atoms with Gasteiger partial charge in [-0.1, -0.05) is 30.3 Å². The van der Waals surface area contributed by atoms with Crippen molar-refractivity contribution in [2.24, 2.45) is 11.8 Å². The Bertz CT molecular complexity index is 1270. The second-order valence-corrected chi connectivity index (χ2v) is 10.7. The molecule has 3 fully saturated rings. The molecule has 0 spiro atoms. The lowest BCUT2D eigenvalue weighted by Crippen LogP contribution is -2.48. The molecule has 5 rings (SSSR count). The van der Waals surface area contributed by atoms with Gasteiger partial charge in [-0.05, 0) is 61.8 Å². The zero-order chi connectivity index (χ0) is 28.2. The number of carbonyl (C=O) groups is 4. The molecule has 2 unspecified atom stereocenters. The first-order valence-corrected chi connectivity index (χ1v) is 13.6. The Hall–Kier alpha value is -4.15. The highest BCUT2D eigenvalue weighted by atomic mass is 19.1. The highest BCUT2D eigenvalue weighted by Gasteiger charge is 2.44. The van der Waals surface area contributed by atoms with E-state index < -0.39 is 23.9 Å². The summed E-state index contributed by atoms with van der Waals surface area (Å²) in [7, 11) is 0. The molecule has 11 heteroatoms. The third kappa shape index (κ3) is 6.03. The number of rotatable bonds is 7. The number of ether oxygens (including phenoxy) is 1. The van der Waals surface area contributed by atoms with Crippen LogP contribution in [0.5, 0.6) is 0 Å². The number of benzene rings is 2. The van der Waals surface area contributed by atoms with Crippen LogP contribution in [0.4, 0.5) is 20.6 Å². The van der Waals surface area contributed by atoms with E-state index >= 15 is 0 Å². The SMILES string of the molecule is O=C(O)NCC1CCC(C(=O)N2CCC(c3ccccc3)C2C(=O)Nc2ccc(N3COC(=O)C3)c(F)c2)CC1. The number of cyclic esters (lactones) is 1. The summed E-state index contributed by atoms with van der Waals surface area (Å²) in [4.78, 5) is 52.8. The number of halogens is 1. The molecular formula is C29H33FN4O6. The van der Waals surface area contributed by atoms with Crippen molar-refractivity contribution in [2.75, 3.05) is 36.6 Å². The third-order valence-corrected chi connectivity index (χ3v) is 8.17. The van der Waals surface area contributed by atoms with Crippen molar-refractivity contribution in [3.8, 4) is 0 Å². The van der Waals surface area contributed by atoms with E-state index in [1.807, 2.05) is 30.3 Å². The van der Waals surface area contributed by atoms with Crippen LogP contribution in [0.15, 0.2) is 48.5 Å². The number of nitrogens with zero attached hydrogens (tertiary/aromatic N) is 2. The number of hydrogen-bond donors (Lipinski definition) is 3. The van der Waals surface area contributed by atoms with Crippen LogP contribution >= 0.6 is 0 Å². The second-order valence-electron chi connectivity index (χ2n) is 10.7. The molecule has 2 atom stereocenters. The van der Waals surface area contributed by atoms with Gasteiger partial charge >= 0.3 is 12.1 Å². The fourth-order valence-corrected chi connectivity index (χ4v) is 6.10. The van der Waals surface area contributed by atoms with Gasteiger partial charge in [-0.2, -0.15) is 0 Å². The van der Waals surface area contributed by atoms with Gasteiger partial charge in [0.2, 0.25) is 11.8 Å². The number of likely N-dealkylation sites (tertiary alicyclic amines) is 1. The molecule has 10 nitrogen and oxygen atoms in total. The second kappa shape index (κ2) is 11.9. The summed E-state index contributed by atoms with van der Waals surface area (Å²) in [6, 6.07) is 13.1. The number of hydrogen-bond acceptors (Lipinski definition) is 6.